The van der Waals surface area contributed by atoms with Gasteiger partial charge >= 0.3 is 0 Å². The molecule has 19 heavy (non-hydrogen) atoms. The molecule has 0 saturated carbocycles. The lowest BCUT2D eigenvalue weighted by molar-refractivity contribution is 0.555. The zero-order chi connectivity index (χ0) is 13.8. The molecule has 0 fully saturated rings. The van der Waals surface area contributed by atoms with Crippen LogP contribution in [0.5, 0.6) is 0 Å². The van der Waals surface area contributed by atoms with Crippen LogP contribution in [0.15, 0.2) is 18.2 Å². The third-order valence-corrected chi connectivity index (χ3v) is 3.75. The van der Waals surface area contributed by atoms with Crippen LogP contribution >= 0.6 is 11.5 Å². The van der Waals surface area contributed by atoms with Gasteiger partial charge in [0.05, 0.1) is 4.88 Å². The number of hydrogen-bond acceptors (Lipinski definition) is 4. The first-order chi connectivity index (χ1) is 9.08. The van der Waals surface area contributed by atoms with Gasteiger partial charge in [0.25, 0.3) is 0 Å². The number of benzene rings is 1. The minimum absolute atomic E-state index is 0.658. The highest BCUT2D eigenvalue weighted by atomic mass is 32.1. The lowest BCUT2D eigenvalue weighted by atomic mass is 10.0. The van der Waals surface area contributed by atoms with Crippen molar-refractivity contribution >= 4 is 11.5 Å². The minimum atomic E-state index is 0.658. The third kappa shape index (κ3) is 3.61. The van der Waals surface area contributed by atoms with Gasteiger partial charge in [-0.3, -0.25) is 0 Å². The van der Waals surface area contributed by atoms with Crippen LogP contribution in [0.3, 0.4) is 0 Å². The second-order valence-electron chi connectivity index (χ2n) is 5.39. The zero-order valence-corrected chi connectivity index (χ0v) is 12.8. The molecule has 1 aromatic carbocycles. The third-order valence-electron chi connectivity index (χ3n) is 3.03. The summed E-state index contributed by atoms with van der Waals surface area (Å²) >= 11 is 1.49. The van der Waals surface area contributed by atoms with Crippen LogP contribution in [0.25, 0.3) is 11.3 Å². The summed E-state index contributed by atoms with van der Waals surface area (Å²) in [7, 11) is 0. The van der Waals surface area contributed by atoms with Crippen LogP contribution < -0.4 is 5.32 Å². The van der Waals surface area contributed by atoms with E-state index in [-0.39, 0.29) is 0 Å². The van der Waals surface area contributed by atoms with Crippen molar-refractivity contribution in [3.05, 3.63) is 34.2 Å². The standard InChI is InChI=1S/C15H21N3S/c1-10(2)8-16-9-14-15(17-18-19-14)13-6-5-11(3)7-12(13)4/h5-7,10,16H,8-9H2,1-4H3. The number of aryl methyl sites for hydroxylation is 2. The summed E-state index contributed by atoms with van der Waals surface area (Å²) in [4.78, 5) is 1.22. The molecule has 1 aromatic heterocycles. The van der Waals surface area contributed by atoms with Crippen LogP contribution in [-0.2, 0) is 6.54 Å². The molecule has 0 atom stereocenters. The Labute approximate surface area is 119 Å². The van der Waals surface area contributed by atoms with Crippen molar-refractivity contribution in [2.45, 2.75) is 34.2 Å². The Morgan fingerprint density at radius 1 is 1.26 bits per heavy atom. The second kappa shape index (κ2) is 6.26. The molecule has 0 aliphatic rings. The van der Waals surface area contributed by atoms with Gasteiger partial charge in [-0.2, -0.15) is 0 Å². The van der Waals surface area contributed by atoms with Crippen molar-refractivity contribution in [1.82, 2.24) is 14.9 Å². The Morgan fingerprint density at radius 3 is 2.74 bits per heavy atom. The molecule has 2 aromatic rings. The van der Waals surface area contributed by atoms with Crippen LogP contribution in [0.2, 0.25) is 0 Å². The van der Waals surface area contributed by atoms with E-state index in [4.69, 9.17) is 0 Å². The normalized spacial score (nSPS) is 11.2. The fourth-order valence-corrected chi connectivity index (χ4v) is 2.71. The van der Waals surface area contributed by atoms with Gasteiger partial charge in [0, 0.05) is 12.1 Å². The van der Waals surface area contributed by atoms with Gasteiger partial charge in [0.1, 0.15) is 5.69 Å². The van der Waals surface area contributed by atoms with Crippen LogP contribution in [0.4, 0.5) is 0 Å². The summed E-state index contributed by atoms with van der Waals surface area (Å²) in [5.41, 5.74) is 4.76. The number of nitrogens with zero attached hydrogens (tertiary/aromatic N) is 2. The zero-order valence-electron chi connectivity index (χ0n) is 12.0. The lowest BCUT2D eigenvalue weighted by Gasteiger charge is -2.08. The second-order valence-corrected chi connectivity index (χ2v) is 6.23. The maximum absolute atomic E-state index is 4.30. The molecule has 102 valence electrons. The molecule has 0 amide bonds. The lowest BCUT2D eigenvalue weighted by Crippen LogP contribution is -2.18. The highest BCUT2D eigenvalue weighted by Crippen LogP contribution is 2.27. The molecular formula is C15H21N3S. The maximum Gasteiger partial charge on any atom is 0.110 e. The average molecular weight is 275 g/mol. The Kier molecular flexibility index (Phi) is 4.66. The van der Waals surface area contributed by atoms with Gasteiger partial charge in [-0.05, 0) is 43.4 Å². The van der Waals surface area contributed by atoms with E-state index in [0.29, 0.717) is 5.92 Å². The Balaban J connectivity index is 2.19. The van der Waals surface area contributed by atoms with Gasteiger partial charge in [0.2, 0.25) is 0 Å². The molecule has 1 heterocycles. The molecule has 0 saturated heterocycles. The van der Waals surface area contributed by atoms with Crippen molar-refractivity contribution in [2.24, 2.45) is 5.92 Å². The SMILES string of the molecule is Cc1ccc(-c2nnsc2CNCC(C)C)c(C)c1. The van der Waals surface area contributed by atoms with Gasteiger partial charge in [-0.15, -0.1) is 5.10 Å². The smallest absolute Gasteiger partial charge is 0.110 e. The monoisotopic (exact) mass is 275 g/mol. The maximum atomic E-state index is 4.30. The molecule has 0 bridgehead atoms. The molecule has 1 N–H and O–H groups in total. The first kappa shape index (κ1) is 14.2. The predicted molar refractivity (Wildman–Crippen MR) is 81.4 cm³/mol. The molecule has 0 aliphatic heterocycles. The fraction of sp³-hybridized carbons (Fsp3) is 0.467. The van der Waals surface area contributed by atoms with Crippen LogP contribution in [-0.4, -0.2) is 16.1 Å². The molecule has 4 heteroatoms. The highest BCUT2D eigenvalue weighted by molar-refractivity contribution is 7.05. The fourth-order valence-electron chi connectivity index (χ4n) is 2.08. The summed E-state index contributed by atoms with van der Waals surface area (Å²) < 4.78 is 4.11. The highest BCUT2D eigenvalue weighted by Gasteiger charge is 2.12. The average Bonchev–Trinajstić information content (AvgIpc) is 2.77. The number of nitrogens with one attached hydrogen (secondary N) is 1. The van der Waals surface area contributed by atoms with Crippen molar-refractivity contribution in [1.29, 1.82) is 0 Å². The summed E-state index contributed by atoms with van der Waals surface area (Å²) in [5, 5.41) is 7.76. The van der Waals surface area contributed by atoms with Crippen molar-refractivity contribution in [3.8, 4) is 11.3 Å². The molecule has 0 spiro atoms. The van der Waals surface area contributed by atoms with E-state index in [1.165, 1.54) is 33.1 Å². The number of hydrogen-bond donors (Lipinski definition) is 1. The van der Waals surface area contributed by atoms with E-state index >= 15 is 0 Å². The van der Waals surface area contributed by atoms with Gasteiger partial charge < -0.3 is 5.32 Å². The quantitative estimate of drug-likeness (QED) is 0.906. The van der Waals surface area contributed by atoms with Crippen molar-refractivity contribution in [3.63, 3.8) is 0 Å². The van der Waals surface area contributed by atoms with E-state index < -0.39 is 0 Å². The molecule has 2 rings (SSSR count). The first-order valence-electron chi connectivity index (χ1n) is 6.67. The molecular weight excluding hydrogens is 254 g/mol. The van der Waals surface area contributed by atoms with Gasteiger partial charge in [-0.1, -0.05) is 42.1 Å². The summed E-state index contributed by atoms with van der Waals surface area (Å²) in [6, 6.07) is 6.47. The number of aromatic nitrogens is 2. The Morgan fingerprint density at radius 2 is 2.05 bits per heavy atom. The molecule has 0 radical (unpaired) electrons. The van der Waals surface area contributed by atoms with Crippen molar-refractivity contribution in [2.75, 3.05) is 6.54 Å². The summed E-state index contributed by atoms with van der Waals surface area (Å²) in [6.45, 7) is 10.5. The molecule has 0 aliphatic carbocycles. The topological polar surface area (TPSA) is 37.8 Å². The van der Waals surface area contributed by atoms with E-state index in [1.807, 2.05) is 0 Å². The largest absolute Gasteiger partial charge is 0.311 e. The minimum Gasteiger partial charge on any atom is -0.311 e. The Bertz CT molecular complexity index is 546. The molecule has 3 nitrogen and oxygen atoms in total. The van der Waals surface area contributed by atoms with Gasteiger partial charge in [0.15, 0.2) is 0 Å². The van der Waals surface area contributed by atoms with E-state index in [2.05, 4.69) is 60.8 Å². The van der Waals surface area contributed by atoms with E-state index in [0.717, 1.165) is 18.8 Å². The van der Waals surface area contributed by atoms with E-state index in [9.17, 15) is 0 Å². The predicted octanol–water partition coefficient (Wildman–Crippen LogP) is 3.57. The summed E-state index contributed by atoms with van der Waals surface area (Å²) in [6.07, 6.45) is 0. The van der Waals surface area contributed by atoms with Gasteiger partial charge in [-0.25, -0.2) is 0 Å². The number of rotatable bonds is 5. The Hall–Kier alpha value is -1.26. The van der Waals surface area contributed by atoms with Crippen LogP contribution in [0, 0.1) is 19.8 Å². The first-order valence-corrected chi connectivity index (χ1v) is 7.45. The van der Waals surface area contributed by atoms with Crippen molar-refractivity contribution < 1.29 is 0 Å². The van der Waals surface area contributed by atoms with E-state index in [1.54, 1.807) is 0 Å². The van der Waals surface area contributed by atoms with Crippen LogP contribution in [0.1, 0.15) is 29.9 Å². The molecule has 0 unspecified atom stereocenters. The summed E-state index contributed by atoms with van der Waals surface area (Å²) in [5.74, 6) is 0.658.